The zero-order valence-corrected chi connectivity index (χ0v) is 20.8. The van der Waals surface area contributed by atoms with Gasteiger partial charge in [0.05, 0.1) is 13.2 Å². The van der Waals surface area contributed by atoms with E-state index in [1.165, 1.54) is 11.8 Å². The van der Waals surface area contributed by atoms with Gasteiger partial charge in [0.1, 0.15) is 5.52 Å². The van der Waals surface area contributed by atoms with Gasteiger partial charge in [-0.3, -0.25) is 14.8 Å². The number of nitrogens with one attached hydrogen (secondary N) is 3. The van der Waals surface area contributed by atoms with Crippen LogP contribution in [0, 0.1) is 18.8 Å². The summed E-state index contributed by atoms with van der Waals surface area (Å²) in [6.45, 7) is 6.45. The fourth-order valence-electron chi connectivity index (χ4n) is 4.49. The molecule has 1 aromatic carbocycles. The Balaban J connectivity index is 1.08. The van der Waals surface area contributed by atoms with Gasteiger partial charge in [0.25, 0.3) is 0 Å². The van der Waals surface area contributed by atoms with E-state index in [-0.39, 0.29) is 11.8 Å². The second-order valence-electron chi connectivity index (χ2n) is 9.27. The molecule has 2 atom stereocenters. The smallest absolute Gasteiger partial charge is 0.227 e. The molecule has 2 unspecified atom stereocenters. The lowest BCUT2D eigenvalue weighted by molar-refractivity contribution is -0.117. The number of benzene rings is 1. The molecular formula is C25H28N8O2S. The molecule has 4 aromatic rings. The van der Waals surface area contributed by atoms with E-state index in [2.05, 4.69) is 30.8 Å². The lowest BCUT2D eigenvalue weighted by Crippen LogP contribution is -2.38. The SMILES string of the molecule is Cc1cc(Nc2nc(Sc3ccc(NC(=O)C4CC4CN4CCOCC4)cc3)nn3cccc23)n[nH]1. The number of H-pyrrole nitrogens is 1. The molecule has 0 radical (unpaired) electrons. The monoisotopic (exact) mass is 504 g/mol. The van der Waals surface area contributed by atoms with Crippen LogP contribution in [0.1, 0.15) is 12.1 Å². The second kappa shape index (κ2) is 9.92. The summed E-state index contributed by atoms with van der Waals surface area (Å²) in [4.78, 5) is 20.8. The highest BCUT2D eigenvalue weighted by atomic mass is 32.2. The summed E-state index contributed by atoms with van der Waals surface area (Å²) in [5.41, 5.74) is 2.64. The van der Waals surface area contributed by atoms with Crippen LogP contribution in [0.2, 0.25) is 0 Å². The van der Waals surface area contributed by atoms with Gasteiger partial charge in [-0.2, -0.15) is 5.10 Å². The predicted octanol–water partition coefficient (Wildman–Crippen LogP) is 3.56. The number of aromatic amines is 1. The van der Waals surface area contributed by atoms with Crippen molar-refractivity contribution in [2.45, 2.75) is 23.4 Å². The number of fused-ring (bicyclic) bond motifs is 1. The van der Waals surface area contributed by atoms with E-state index in [9.17, 15) is 4.79 Å². The molecule has 3 aromatic heterocycles. The highest BCUT2D eigenvalue weighted by molar-refractivity contribution is 7.99. The molecule has 1 amide bonds. The van der Waals surface area contributed by atoms with Crippen LogP contribution in [0.5, 0.6) is 0 Å². The number of carbonyl (C=O) groups excluding carboxylic acids is 1. The first kappa shape index (κ1) is 23.0. The molecule has 10 nitrogen and oxygen atoms in total. The summed E-state index contributed by atoms with van der Waals surface area (Å²) < 4.78 is 7.21. The number of aryl methyl sites for hydroxylation is 1. The Morgan fingerprint density at radius 3 is 2.83 bits per heavy atom. The van der Waals surface area contributed by atoms with E-state index in [0.717, 1.165) is 61.1 Å². The number of rotatable bonds is 8. The summed E-state index contributed by atoms with van der Waals surface area (Å²) in [7, 11) is 0. The third-order valence-electron chi connectivity index (χ3n) is 6.51. The van der Waals surface area contributed by atoms with E-state index in [1.807, 2.05) is 55.6 Å². The van der Waals surface area contributed by atoms with Crippen molar-refractivity contribution in [3.05, 3.63) is 54.4 Å². The third kappa shape index (κ3) is 5.23. The molecule has 4 heterocycles. The van der Waals surface area contributed by atoms with Gasteiger partial charge in [0.15, 0.2) is 11.6 Å². The lowest BCUT2D eigenvalue weighted by atomic mass is 10.2. The van der Waals surface area contributed by atoms with Gasteiger partial charge < -0.3 is 15.4 Å². The van der Waals surface area contributed by atoms with Gasteiger partial charge in [-0.1, -0.05) is 0 Å². The Bertz CT molecular complexity index is 1360. The van der Waals surface area contributed by atoms with Crippen LogP contribution in [-0.2, 0) is 9.53 Å². The molecule has 1 aliphatic heterocycles. The van der Waals surface area contributed by atoms with Gasteiger partial charge in [-0.25, -0.2) is 9.50 Å². The number of aromatic nitrogens is 5. The van der Waals surface area contributed by atoms with Crippen molar-refractivity contribution < 1.29 is 9.53 Å². The van der Waals surface area contributed by atoms with E-state index in [1.54, 1.807) is 4.52 Å². The molecule has 1 aliphatic carbocycles. The molecule has 2 fully saturated rings. The van der Waals surface area contributed by atoms with Gasteiger partial charge in [0, 0.05) is 54.1 Å². The molecule has 36 heavy (non-hydrogen) atoms. The maximum atomic E-state index is 12.7. The number of ether oxygens (including phenoxy) is 1. The maximum absolute atomic E-state index is 12.7. The fourth-order valence-corrected chi connectivity index (χ4v) is 5.23. The molecular weight excluding hydrogens is 476 g/mol. The predicted molar refractivity (Wildman–Crippen MR) is 138 cm³/mol. The molecule has 186 valence electrons. The average Bonchev–Trinajstić information content (AvgIpc) is 3.26. The Kier molecular flexibility index (Phi) is 6.34. The quantitative estimate of drug-likeness (QED) is 0.334. The maximum Gasteiger partial charge on any atom is 0.227 e. The van der Waals surface area contributed by atoms with Crippen LogP contribution in [-0.4, -0.2) is 68.5 Å². The zero-order valence-electron chi connectivity index (χ0n) is 20.0. The van der Waals surface area contributed by atoms with Crippen molar-refractivity contribution in [1.29, 1.82) is 0 Å². The van der Waals surface area contributed by atoms with Crippen LogP contribution < -0.4 is 10.6 Å². The number of morpholine rings is 1. The minimum absolute atomic E-state index is 0.104. The first-order valence-electron chi connectivity index (χ1n) is 12.1. The number of nitrogens with zero attached hydrogens (tertiary/aromatic N) is 5. The number of hydrogen-bond donors (Lipinski definition) is 3. The van der Waals surface area contributed by atoms with Crippen LogP contribution in [0.3, 0.4) is 0 Å². The first-order chi connectivity index (χ1) is 17.6. The fraction of sp³-hybridized carbons (Fsp3) is 0.360. The highest BCUT2D eigenvalue weighted by Crippen LogP contribution is 2.40. The molecule has 2 aliphatic rings. The molecule has 6 rings (SSSR count). The van der Waals surface area contributed by atoms with E-state index >= 15 is 0 Å². The Morgan fingerprint density at radius 2 is 2.06 bits per heavy atom. The van der Waals surface area contributed by atoms with Crippen molar-refractivity contribution in [2.75, 3.05) is 43.5 Å². The number of anilines is 3. The molecule has 0 spiro atoms. The van der Waals surface area contributed by atoms with Gasteiger partial charge in [-0.05, 0) is 67.4 Å². The minimum atomic E-state index is 0.104. The van der Waals surface area contributed by atoms with Crippen molar-refractivity contribution in [1.82, 2.24) is 29.7 Å². The van der Waals surface area contributed by atoms with E-state index in [4.69, 9.17) is 9.72 Å². The second-order valence-corrected chi connectivity index (χ2v) is 10.3. The number of amides is 1. The topological polar surface area (TPSA) is 112 Å². The first-order valence-corrected chi connectivity index (χ1v) is 13.0. The summed E-state index contributed by atoms with van der Waals surface area (Å²) in [5.74, 6) is 2.05. The summed E-state index contributed by atoms with van der Waals surface area (Å²) in [6.07, 6.45) is 2.86. The summed E-state index contributed by atoms with van der Waals surface area (Å²) >= 11 is 1.46. The normalized spacial score (nSPS) is 19.9. The Hall–Kier alpha value is -3.41. The zero-order chi connectivity index (χ0) is 24.5. The van der Waals surface area contributed by atoms with E-state index in [0.29, 0.717) is 22.7 Å². The van der Waals surface area contributed by atoms with Crippen LogP contribution in [0.4, 0.5) is 17.3 Å². The molecule has 1 saturated heterocycles. The Labute approximate surface area is 212 Å². The third-order valence-corrected chi connectivity index (χ3v) is 7.37. The Morgan fingerprint density at radius 1 is 1.22 bits per heavy atom. The summed E-state index contributed by atoms with van der Waals surface area (Å²) in [6, 6.07) is 13.6. The van der Waals surface area contributed by atoms with Crippen molar-refractivity contribution in [3.8, 4) is 0 Å². The summed E-state index contributed by atoms with van der Waals surface area (Å²) in [5, 5.41) is 18.7. The molecule has 11 heteroatoms. The highest BCUT2D eigenvalue weighted by Gasteiger charge is 2.43. The molecule has 1 saturated carbocycles. The van der Waals surface area contributed by atoms with Gasteiger partial charge >= 0.3 is 0 Å². The number of hydrogen-bond acceptors (Lipinski definition) is 8. The largest absolute Gasteiger partial charge is 0.379 e. The van der Waals surface area contributed by atoms with Crippen LogP contribution in [0.25, 0.3) is 5.52 Å². The lowest BCUT2D eigenvalue weighted by Gasteiger charge is -2.26. The van der Waals surface area contributed by atoms with E-state index < -0.39 is 0 Å². The van der Waals surface area contributed by atoms with Crippen molar-refractivity contribution in [2.24, 2.45) is 11.8 Å². The van der Waals surface area contributed by atoms with Crippen molar-refractivity contribution >= 4 is 40.5 Å². The standard InChI is InChI=1S/C25H28N8O2S/c1-16-13-22(30-29-16)27-23-21-3-2-8-33(21)31-25(28-23)36-19-6-4-18(5-7-19)26-24(34)20-14-17(20)15-32-9-11-35-12-10-32/h2-8,13,17,20H,9-12,14-15H2,1H3,(H,26,34)(H2,27,28,29,30,31). The molecule has 3 N–H and O–H groups in total. The van der Waals surface area contributed by atoms with Gasteiger partial charge in [0.2, 0.25) is 11.1 Å². The van der Waals surface area contributed by atoms with Crippen molar-refractivity contribution in [3.63, 3.8) is 0 Å². The van der Waals surface area contributed by atoms with Gasteiger partial charge in [-0.15, -0.1) is 5.10 Å². The average molecular weight is 505 g/mol. The van der Waals surface area contributed by atoms with Crippen LogP contribution >= 0.6 is 11.8 Å². The number of carbonyl (C=O) groups is 1. The van der Waals surface area contributed by atoms with Crippen LogP contribution in [0.15, 0.2) is 58.7 Å². The molecule has 0 bridgehead atoms. The minimum Gasteiger partial charge on any atom is -0.379 e.